The molecule has 96 valence electrons. The highest BCUT2D eigenvalue weighted by molar-refractivity contribution is 7.99. The van der Waals surface area contributed by atoms with E-state index in [-0.39, 0.29) is 0 Å². The van der Waals surface area contributed by atoms with Crippen molar-refractivity contribution in [1.82, 2.24) is 5.32 Å². The fourth-order valence-electron chi connectivity index (χ4n) is 2.24. The molecule has 1 saturated carbocycles. The van der Waals surface area contributed by atoms with Crippen LogP contribution in [0.2, 0.25) is 0 Å². The Morgan fingerprint density at radius 3 is 2.50 bits per heavy atom. The highest BCUT2D eigenvalue weighted by Gasteiger charge is 2.24. The van der Waals surface area contributed by atoms with E-state index in [9.17, 15) is 0 Å². The first-order valence-electron chi connectivity index (χ1n) is 6.48. The molecule has 3 heteroatoms. The minimum Gasteiger partial charge on any atom is -0.311 e. The second kappa shape index (κ2) is 7.88. The highest BCUT2D eigenvalue weighted by Crippen LogP contribution is 2.28. The van der Waals surface area contributed by atoms with E-state index in [0.717, 1.165) is 17.2 Å². The quantitative estimate of drug-likeness (QED) is 0.751. The third-order valence-electron chi connectivity index (χ3n) is 3.06. The van der Waals surface area contributed by atoms with Crippen LogP contribution in [0.3, 0.4) is 0 Å². The average Bonchev–Trinajstić information content (AvgIpc) is 2.65. The predicted molar refractivity (Wildman–Crippen MR) is 79.7 cm³/mol. The molecule has 0 saturated heterocycles. The first-order valence-corrected chi connectivity index (χ1v) is 8.92. The van der Waals surface area contributed by atoms with Crippen LogP contribution in [0, 0.1) is 5.92 Å². The maximum absolute atomic E-state index is 3.78. The van der Waals surface area contributed by atoms with Crippen molar-refractivity contribution in [3.8, 4) is 0 Å². The predicted octanol–water partition coefficient (Wildman–Crippen LogP) is 3.64. The van der Waals surface area contributed by atoms with Crippen LogP contribution in [-0.2, 0) is 0 Å². The summed E-state index contributed by atoms with van der Waals surface area (Å²) >= 11 is 4.13. The summed E-state index contributed by atoms with van der Waals surface area (Å²) in [4.78, 5) is 0. The second-order valence-electron chi connectivity index (χ2n) is 5.37. The zero-order valence-electron chi connectivity index (χ0n) is 11.2. The van der Waals surface area contributed by atoms with Crippen LogP contribution in [0.4, 0.5) is 0 Å². The molecule has 16 heavy (non-hydrogen) atoms. The van der Waals surface area contributed by atoms with Gasteiger partial charge in [0, 0.05) is 23.1 Å². The number of hydrogen-bond donors (Lipinski definition) is 1. The average molecular weight is 262 g/mol. The van der Waals surface area contributed by atoms with Gasteiger partial charge >= 0.3 is 0 Å². The van der Waals surface area contributed by atoms with E-state index >= 15 is 0 Å². The zero-order valence-corrected chi connectivity index (χ0v) is 12.8. The van der Waals surface area contributed by atoms with Crippen molar-refractivity contribution in [3.63, 3.8) is 0 Å². The van der Waals surface area contributed by atoms with E-state index < -0.39 is 0 Å². The molecule has 0 amide bonds. The van der Waals surface area contributed by atoms with E-state index in [4.69, 9.17) is 0 Å². The topological polar surface area (TPSA) is 12.0 Å². The largest absolute Gasteiger partial charge is 0.311 e. The van der Waals surface area contributed by atoms with Gasteiger partial charge in [0.15, 0.2) is 0 Å². The lowest BCUT2D eigenvalue weighted by Gasteiger charge is -2.19. The van der Waals surface area contributed by atoms with Crippen molar-refractivity contribution < 1.29 is 0 Å². The standard InChI is InChI=1S/C13H27NS2/c1-10(2)8-16-9-11(3)14-12-5-6-13(7-12)15-4/h10-14H,5-9H2,1-4H3. The van der Waals surface area contributed by atoms with Gasteiger partial charge in [-0.05, 0) is 44.1 Å². The molecule has 1 aliphatic rings. The Kier molecular flexibility index (Phi) is 7.25. The number of rotatable bonds is 7. The summed E-state index contributed by atoms with van der Waals surface area (Å²) in [5.41, 5.74) is 0. The van der Waals surface area contributed by atoms with E-state index in [2.05, 4.69) is 44.1 Å². The Labute approximate surface area is 110 Å². The van der Waals surface area contributed by atoms with Gasteiger partial charge in [-0.25, -0.2) is 0 Å². The van der Waals surface area contributed by atoms with Crippen LogP contribution < -0.4 is 5.32 Å². The molecule has 0 heterocycles. The lowest BCUT2D eigenvalue weighted by molar-refractivity contribution is 0.476. The molecule has 0 aliphatic heterocycles. The molecule has 3 unspecified atom stereocenters. The van der Waals surface area contributed by atoms with E-state index in [1.54, 1.807) is 0 Å². The first-order chi connectivity index (χ1) is 7.61. The molecule has 1 rings (SSSR count). The molecule has 0 aromatic heterocycles. The fourth-order valence-corrected chi connectivity index (χ4v) is 4.09. The van der Waals surface area contributed by atoms with Crippen LogP contribution in [-0.4, -0.2) is 35.1 Å². The molecule has 1 aliphatic carbocycles. The minimum absolute atomic E-state index is 0.675. The summed E-state index contributed by atoms with van der Waals surface area (Å²) < 4.78 is 0. The Morgan fingerprint density at radius 1 is 1.19 bits per heavy atom. The Balaban J connectivity index is 2.08. The zero-order chi connectivity index (χ0) is 12.0. The van der Waals surface area contributed by atoms with Gasteiger partial charge in [0.1, 0.15) is 0 Å². The number of nitrogens with one attached hydrogen (secondary N) is 1. The first kappa shape index (κ1) is 14.7. The van der Waals surface area contributed by atoms with Crippen LogP contribution >= 0.6 is 23.5 Å². The van der Waals surface area contributed by atoms with Gasteiger partial charge in [-0.3, -0.25) is 0 Å². The highest BCUT2D eigenvalue weighted by atomic mass is 32.2. The maximum Gasteiger partial charge on any atom is 0.0132 e. The van der Waals surface area contributed by atoms with Gasteiger partial charge in [0.25, 0.3) is 0 Å². The lowest BCUT2D eigenvalue weighted by atomic mass is 10.2. The third-order valence-corrected chi connectivity index (χ3v) is 5.79. The van der Waals surface area contributed by atoms with Crippen molar-refractivity contribution in [2.75, 3.05) is 17.8 Å². The van der Waals surface area contributed by atoms with Crippen LogP contribution in [0.5, 0.6) is 0 Å². The second-order valence-corrected chi connectivity index (χ2v) is 7.58. The van der Waals surface area contributed by atoms with Gasteiger partial charge < -0.3 is 5.32 Å². The molecule has 3 atom stereocenters. The monoisotopic (exact) mass is 261 g/mol. The summed E-state index contributed by atoms with van der Waals surface area (Å²) in [5.74, 6) is 3.38. The molecule has 0 spiro atoms. The van der Waals surface area contributed by atoms with E-state index in [1.165, 1.54) is 30.8 Å². The Hall–Kier alpha value is 0.660. The van der Waals surface area contributed by atoms with Gasteiger partial charge in [-0.2, -0.15) is 23.5 Å². The smallest absolute Gasteiger partial charge is 0.0132 e. The van der Waals surface area contributed by atoms with Crippen molar-refractivity contribution in [1.29, 1.82) is 0 Å². The molecule has 1 nitrogen and oxygen atoms in total. The van der Waals surface area contributed by atoms with Crippen molar-refractivity contribution in [2.24, 2.45) is 5.92 Å². The van der Waals surface area contributed by atoms with Crippen LogP contribution in [0.1, 0.15) is 40.0 Å². The summed E-state index contributed by atoms with van der Waals surface area (Å²) in [5, 5.41) is 4.69. The van der Waals surface area contributed by atoms with Crippen LogP contribution in [0.15, 0.2) is 0 Å². The third kappa shape index (κ3) is 5.83. The fraction of sp³-hybridized carbons (Fsp3) is 1.00. The van der Waals surface area contributed by atoms with Gasteiger partial charge in [0.2, 0.25) is 0 Å². The summed E-state index contributed by atoms with van der Waals surface area (Å²) in [6.45, 7) is 6.93. The molecular weight excluding hydrogens is 234 g/mol. The molecule has 0 radical (unpaired) electrons. The van der Waals surface area contributed by atoms with Gasteiger partial charge in [-0.1, -0.05) is 13.8 Å². The summed E-state index contributed by atoms with van der Waals surface area (Å²) in [6, 6.07) is 1.46. The molecular formula is C13H27NS2. The van der Waals surface area contributed by atoms with Crippen molar-refractivity contribution in [3.05, 3.63) is 0 Å². The Bertz CT molecular complexity index is 185. The van der Waals surface area contributed by atoms with E-state index in [1.807, 2.05) is 11.8 Å². The Morgan fingerprint density at radius 2 is 1.94 bits per heavy atom. The van der Waals surface area contributed by atoms with Crippen molar-refractivity contribution >= 4 is 23.5 Å². The minimum atomic E-state index is 0.675. The van der Waals surface area contributed by atoms with E-state index in [0.29, 0.717) is 6.04 Å². The number of hydrogen-bond acceptors (Lipinski definition) is 3. The lowest BCUT2D eigenvalue weighted by Crippen LogP contribution is -2.36. The summed E-state index contributed by atoms with van der Waals surface area (Å²) in [6.07, 6.45) is 6.41. The SMILES string of the molecule is CSC1CCC(NC(C)CSCC(C)C)C1. The summed E-state index contributed by atoms with van der Waals surface area (Å²) in [7, 11) is 0. The van der Waals surface area contributed by atoms with Gasteiger partial charge in [-0.15, -0.1) is 0 Å². The molecule has 1 N–H and O–H groups in total. The molecule has 0 bridgehead atoms. The number of thioether (sulfide) groups is 2. The van der Waals surface area contributed by atoms with Gasteiger partial charge in [0.05, 0.1) is 0 Å². The normalized spacial score (nSPS) is 27.6. The molecule has 0 aromatic rings. The molecule has 0 aromatic carbocycles. The molecule has 1 fully saturated rings. The maximum atomic E-state index is 3.78. The van der Waals surface area contributed by atoms with Crippen LogP contribution in [0.25, 0.3) is 0 Å². The van der Waals surface area contributed by atoms with Crippen molar-refractivity contribution in [2.45, 2.75) is 57.4 Å².